The first-order valence-electron chi connectivity index (χ1n) is 5.82. The predicted molar refractivity (Wildman–Crippen MR) is 68.8 cm³/mol. The van der Waals surface area contributed by atoms with Crippen LogP contribution in [0.15, 0.2) is 47.1 Å². The maximum absolute atomic E-state index is 11.0. The number of aromatic carboxylic acids is 1. The molecule has 0 amide bonds. The van der Waals surface area contributed by atoms with Crippen LogP contribution in [-0.2, 0) is 6.54 Å². The third kappa shape index (κ3) is 2.53. The third-order valence-electron chi connectivity index (χ3n) is 2.81. The van der Waals surface area contributed by atoms with Crippen molar-refractivity contribution in [1.29, 1.82) is 0 Å². The first kappa shape index (κ1) is 12.2. The van der Waals surface area contributed by atoms with E-state index in [1.54, 1.807) is 0 Å². The summed E-state index contributed by atoms with van der Waals surface area (Å²) in [5.74, 6) is -0.476. The monoisotopic (exact) mass is 245 g/mol. The summed E-state index contributed by atoms with van der Waals surface area (Å²) in [6.45, 7) is 3.26. The normalized spacial score (nSPS) is 10.3. The van der Waals surface area contributed by atoms with Crippen LogP contribution in [0, 0.1) is 0 Å². The van der Waals surface area contributed by atoms with Gasteiger partial charge in [-0.2, -0.15) is 0 Å². The highest BCUT2D eigenvalue weighted by Crippen LogP contribution is 2.19. The van der Waals surface area contributed by atoms with Gasteiger partial charge >= 0.3 is 5.97 Å². The van der Waals surface area contributed by atoms with Crippen molar-refractivity contribution < 1.29 is 14.3 Å². The quantitative estimate of drug-likeness (QED) is 0.879. The first-order valence-corrected chi connectivity index (χ1v) is 5.82. The lowest BCUT2D eigenvalue weighted by Crippen LogP contribution is -2.22. The first-order chi connectivity index (χ1) is 8.72. The molecule has 0 aliphatic carbocycles. The third-order valence-corrected chi connectivity index (χ3v) is 2.81. The van der Waals surface area contributed by atoms with E-state index in [0.29, 0.717) is 12.3 Å². The number of nitrogens with zero attached hydrogens (tertiary/aromatic N) is 1. The van der Waals surface area contributed by atoms with Crippen LogP contribution < -0.4 is 4.90 Å². The van der Waals surface area contributed by atoms with E-state index in [1.165, 1.54) is 12.3 Å². The van der Waals surface area contributed by atoms with Gasteiger partial charge in [0.05, 0.1) is 12.8 Å². The van der Waals surface area contributed by atoms with Crippen LogP contribution in [0.5, 0.6) is 0 Å². The van der Waals surface area contributed by atoms with Gasteiger partial charge in [-0.25, -0.2) is 4.79 Å². The van der Waals surface area contributed by atoms with Gasteiger partial charge in [0.15, 0.2) is 0 Å². The molecule has 94 valence electrons. The summed E-state index contributed by atoms with van der Waals surface area (Å²) in [4.78, 5) is 13.1. The lowest BCUT2D eigenvalue weighted by molar-refractivity contribution is 0.0694. The zero-order valence-electron chi connectivity index (χ0n) is 10.2. The second kappa shape index (κ2) is 5.40. The Labute approximate surface area is 105 Å². The van der Waals surface area contributed by atoms with Gasteiger partial charge < -0.3 is 14.4 Å². The van der Waals surface area contributed by atoms with E-state index in [9.17, 15) is 4.79 Å². The van der Waals surface area contributed by atoms with Crippen molar-refractivity contribution in [3.05, 3.63) is 54.0 Å². The maximum Gasteiger partial charge on any atom is 0.339 e. The summed E-state index contributed by atoms with van der Waals surface area (Å²) in [6, 6.07) is 11.3. The van der Waals surface area contributed by atoms with Crippen molar-refractivity contribution >= 4 is 11.7 Å². The highest BCUT2D eigenvalue weighted by molar-refractivity contribution is 5.88. The summed E-state index contributed by atoms with van der Waals surface area (Å²) < 4.78 is 5.26. The molecule has 0 aliphatic rings. The van der Waals surface area contributed by atoms with Gasteiger partial charge in [-0.15, -0.1) is 0 Å². The lowest BCUT2D eigenvalue weighted by Gasteiger charge is -2.22. The molecule has 0 unspecified atom stereocenters. The van der Waals surface area contributed by atoms with Gasteiger partial charge in [-0.3, -0.25) is 0 Å². The second-order valence-corrected chi connectivity index (χ2v) is 3.91. The minimum absolute atomic E-state index is 0.226. The van der Waals surface area contributed by atoms with Crippen molar-refractivity contribution in [2.24, 2.45) is 0 Å². The van der Waals surface area contributed by atoms with E-state index in [2.05, 4.69) is 4.90 Å². The van der Waals surface area contributed by atoms with E-state index in [4.69, 9.17) is 9.52 Å². The molecule has 18 heavy (non-hydrogen) atoms. The van der Waals surface area contributed by atoms with E-state index in [-0.39, 0.29) is 5.56 Å². The summed E-state index contributed by atoms with van der Waals surface area (Å²) in [5, 5.41) is 9.03. The van der Waals surface area contributed by atoms with Crippen LogP contribution >= 0.6 is 0 Å². The molecule has 0 aliphatic heterocycles. The average molecular weight is 245 g/mol. The highest BCUT2D eigenvalue weighted by Gasteiger charge is 2.16. The molecule has 2 aromatic rings. The van der Waals surface area contributed by atoms with Gasteiger partial charge in [0.1, 0.15) is 11.3 Å². The Morgan fingerprint density at radius 1 is 1.28 bits per heavy atom. The average Bonchev–Trinajstić information content (AvgIpc) is 2.85. The van der Waals surface area contributed by atoms with Gasteiger partial charge in [0.2, 0.25) is 0 Å². The molecule has 1 N–H and O–H groups in total. The highest BCUT2D eigenvalue weighted by atomic mass is 16.4. The number of benzene rings is 1. The van der Waals surface area contributed by atoms with Crippen molar-refractivity contribution in [1.82, 2.24) is 0 Å². The topological polar surface area (TPSA) is 53.7 Å². The molecule has 1 aromatic carbocycles. The summed E-state index contributed by atoms with van der Waals surface area (Å²) >= 11 is 0. The Balaban J connectivity index is 2.21. The number of carboxylic acids is 1. The molecule has 0 bridgehead atoms. The molecule has 2 rings (SSSR count). The van der Waals surface area contributed by atoms with E-state index in [1.807, 2.05) is 37.3 Å². The van der Waals surface area contributed by atoms with E-state index in [0.717, 1.165) is 12.2 Å². The predicted octanol–water partition coefficient (Wildman–Crippen LogP) is 3.00. The Bertz CT molecular complexity index is 519. The number of anilines is 1. The van der Waals surface area contributed by atoms with Crippen LogP contribution in [0.2, 0.25) is 0 Å². The number of carboxylic acid groups (broad SMARTS) is 1. The summed E-state index contributed by atoms with van der Waals surface area (Å²) in [6.07, 6.45) is 1.41. The number of furan rings is 1. The van der Waals surface area contributed by atoms with Crippen LogP contribution in [0.1, 0.15) is 23.0 Å². The van der Waals surface area contributed by atoms with Crippen LogP contribution in [0.25, 0.3) is 0 Å². The van der Waals surface area contributed by atoms with E-state index >= 15 is 0 Å². The second-order valence-electron chi connectivity index (χ2n) is 3.91. The molecule has 0 saturated heterocycles. The Morgan fingerprint density at radius 3 is 2.61 bits per heavy atom. The van der Waals surface area contributed by atoms with Gasteiger partial charge in [0.25, 0.3) is 0 Å². The summed E-state index contributed by atoms with van der Waals surface area (Å²) in [5.41, 5.74) is 1.28. The Hall–Kier alpha value is -2.23. The fourth-order valence-electron chi connectivity index (χ4n) is 1.85. The van der Waals surface area contributed by atoms with Crippen molar-refractivity contribution in [3.8, 4) is 0 Å². The molecule has 1 heterocycles. The minimum atomic E-state index is -0.956. The number of rotatable bonds is 5. The molecule has 0 fully saturated rings. The molecule has 1 aromatic heterocycles. The molecule has 4 heteroatoms. The van der Waals surface area contributed by atoms with Crippen molar-refractivity contribution in [2.45, 2.75) is 13.5 Å². The number of para-hydroxylation sites is 1. The fourth-order valence-corrected chi connectivity index (χ4v) is 1.85. The lowest BCUT2D eigenvalue weighted by atomic mass is 10.2. The number of hydrogen-bond acceptors (Lipinski definition) is 3. The smallest absolute Gasteiger partial charge is 0.339 e. The molecule has 4 nitrogen and oxygen atoms in total. The largest absolute Gasteiger partial charge is 0.478 e. The molecular formula is C14H15NO3. The molecular weight excluding hydrogens is 230 g/mol. The number of hydrogen-bond donors (Lipinski definition) is 1. The van der Waals surface area contributed by atoms with E-state index < -0.39 is 5.97 Å². The fraction of sp³-hybridized carbons (Fsp3) is 0.214. The minimum Gasteiger partial charge on any atom is -0.478 e. The van der Waals surface area contributed by atoms with Crippen LogP contribution in [0.4, 0.5) is 5.69 Å². The molecule has 0 atom stereocenters. The Morgan fingerprint density at radius 2 is 2.00 bits per heavy atom. The van der Waals surface area contributed by atoms with Crippen LogP contribution in [-0.4, -0.2) is 17.6 Å². The van der Waals surface area contributed by atoms with Crippen LogP contribution in [0.3, 0.4) is 0 Å². The van der Waals surface area contributed by atoms with Crippen molar-refractivity contribution in [3.63, 3.8) is 0 Å². The van der Waals surface area contributed by atoms with Gasteiger partial charge in [0, 0.05) is 12.2 Å². The number of carbonyl (C=O) groups is 1. The molecule has 0 spiro atoms. The molecule has 0 saturated carbocycles. The standard InChI is InChI=1S/C14H15NO3/c1-2-15(11-6-4-3-5-7-11)10-13-12(14(16)17)8-9-18-13/h3-9H,2,10H2,1H3,(H,16,17). The van der Waals surface area contributed by atoms with Gasteiger partial charge in [-0.05, 0) is 25.1 Å². The van der Waals surface area contributed by atoms with Crippen molar-refractivity contribution in [2.75, 3.05) is 11.4 Å². The Kier molecular flexibility index (Phi) is 3.67. The zero-order chi connectivity index (χ0) is 13.0. The summed E-state index contributed by atoms with van der Waals surface area (Å²) in [7, 11) is 0. The van der Waals surface area contributed by atoms with Gasteiger partial charge in [-0.1, -0.05) is 18.2 Å². The zero-order valence-corrected chi connectivity index (χ0v) is 10.2. The SMILES string of the molecule is CCN(Cc1occc1C(=O)O)c1ccccc1. The maximum atomic E-state index is 11.0. The molecule has 0 radical (unpaired) electrons.